The van der Waals surface area contributed by atoms with E-state index >= 15 is 0 Å². The quantitative estimate of drug-likeness (QED) is 0.714. The summed E-state index contributed by atoms with van der Waals surface area (Å²) in [6.07, 6.45) is 3.90. The molecule has 1 nitrogen and oxygen atoms in total. The van der Waals surface area contributed by atoms with Gasteiger partial charge in [-0.15, -0.1) is 0 Å². The highest BCUT2D eigenvalue weighted by molar-refractivity contribution is 6.30. The Balaban J connectivity index is 2.26. The van der Waals surface area contributed by atoms with Crippen LogP contribution in [0.25, 0.3) is 12.2 Å². The number of halogens is 1. The van der Waals surface area contributed by atoms with E-state index < -0.39 is 0 Å². The Kier molecular flexibility index (Phi) is 3.59. The number of nitriles is 1. The molecule has 2 aromatic rings. The van der Waals surface area contributed by atoms with Crippen molar-refractivity contribution in [3.63, 3.8) is 0 Å². The summed E-state index contributed by atoms with van der Waals surface area (Å²) in [7, 11) is 0. The Hall–Kier alpha value is -2.04. The van der Waals surface area contributed by atoms with Crippen LogP contribution in [0.2, 0.25) is 5.02 Å². The first-order chi connectivity index (χ1) is 8.29. The van der Waals surface area contributed by atoms with Crippen molar-refractivity contribution in [3.8, 4) is 6.07 Å². The van der Waals surface area contributed by atoms with Crippen molar-refractivity contribution in [2.45, 2.75) is 0 Å². The number of benzene rings is 2. The molecule has 0 amide bonds. The van der Waals surface area contributed by atoms with Crippen molar-refractivity contribution in [1.29, 1.82) is 5.26 Å². The van der Waals surface area contributed by atoms with Crippen LogP contribution in [0.3, 0.4) is 0 Å². The number of nitrogens with zero attached hydrogens (tertiary/aromatic N) is 1. The monoisotopic (exact) mass is 239 g/mol. The Labute approximate surface area is 106 Å². The second-order valence-electron chi connectivity index (χ2n) is 3.58. The molecule has 17 heavy (non-hydrogen) atoms. The van der Waals surface area contributed by atoms with Gasteiger partial charge in [-0.05, 0) is 29.3 Å². The van der Waals surface area contributed by atoms with E-state index in [0.29, 0.717) is 5.56 Å². The summed E-state index contributed by atoms with van der Waals surface area (Å²) in [6, 6.07) is 17.2. The number of hydrogen-bond donors (Lipinski definition) is 0. The lowest BCUT2D eigenvalue weighted by molar-refractivity contribution is 1.47. The zero-order valence-electron chi connectivity index (χ0n) is 9.10. The summed E-state index contributed by atoms with van der Waals surface area (Å²) >= 11 is 5.81. The van der Waals surface area contributed by atoms with Crippen molar-refractivity contribution in [2.24, 2.45) is 0 Å². The lowest BCUT2D eigenvalue weighted by Crippen LogP contribution is -1.79. The van der Waals surface area contributed by atoms with Gasteiger partial charge < -0.3 is 0 Å². The second-order valence-corrected chi connectivity index (χ2v) is 4.02. The van der Waals surface area contributed by atoms with Crippen LogP contribution >= 0.6 is 11.6 Å². The van der Waals surface area contributed by atoms with Gasteiger partial charge in [-0.25, -0.2) is 0 Å². The normalized spacial score (nSPS) is 10.4. The molecule has 0 aliphatic heterocycles. The third-order valence-electron chi connectivity index (χ3n) is 2.41. The molecular formula is C15H10ClN. The second kappa shape index (κ2) is 5.34. The van der Waals surface area contributed by atoms with Crippen LogP contribution in [0.1, 0.15) is 16.7 Å². The molecule has 2 rings (SSSR count). The topological polar surface area (TPSA) is 23.8 Å². The predicted molar refractivity (Wildman–Crippen MR) is 71.5 cm³/mol. The summed E-state index contributed by atoms with van der Waals surface area (Å²) in [5.41, 5.74) is 2.66. The van der Waals surface area contributed by atoms with Gasteiger partial charge in [-0.3, -0.25) is 0 Å². The molecule has 0 heterocycles. The fourth-order valence-electron chi connectivity index (χ4n) is 1.50. The maximum Gasteiger partial charge on any atom is 0.0997 e. The van der Waals surface area contributed by atoms with Gasteiger partial charge in [0.1, 0.15) is 0 Å². The van der Waals surface area contributed by atoms with E-state index in [1.807, 2.05) is 60.7 Å². The summed E-state index contributed by atoms with van der Waals surface area (Å²) in [4.78, 5) is 0. The van der Waals surface area contributed by atoms with Gasteiger partial charge in [0.05, 0.1) is 11.6 Å². The molecule has 0 radical (unpaired) electrons. The standard InChI is InChI=1S/C15H10ClN/c16-15-9-6-12(7-10-15)5-8-13-3-1-2-4-14(13)11-17/h1-10H/b8-5+. The van der Waals surface area contributed by atoms with Gasteiger partial charge in [-0.1, -0.05) is 54.1 Å². The van der Waals surface area contributed by atoms with Crippen LogP contribution in [-0.4, -0.2) is 0 Å². The lowest BCUT2D eigenvalue weighted by atomic mass is 10.1. The van der Waals surface area contributed by atoms with E-state index in [1.165, 1.54) is 0 Å². The summed E-state index contributed by atoms with van der Waals surface area (Å²) in [5, 5.41) is 9.67. The maximum absolute atomic E-state index is 8.95. The van der Waals surface area contributed by atoms with Gasteiger partial charge in [0, 0.05) is 5.02 Å². The minimum Gasteiger partial charge on any atom is -0.192 e. The minimum atomic E-state index is 0.678. The van der Waals surface area contributed by atoms with Crippen LogP contribution in [0.4, 0.5) is 0 Å². The molecule has 0 aliphatic rings. The smallest absolute Gasteiger partial charge is 0.0997 e. The van der Waals surface area contributed by atoms with Crippen LogP contribution in [-0.2, 0) is 0 Å². The molecule has 0 unspecified atom stereocenters. The van der Waals surface area contributed by atoms with Crippen molar-refractivity contribution < 1.29 is 0 Å². The fraction of sp³-hybridized carbons (Fsp3) is 0. The van der Waals surface area contributed by atoms with Gasteiger partial charge in [0.2, 0.25) is 0 Å². The van der Waals surface area contributed by atoms with Crippen molar-refractivity contribution >= 4 is 23.8 Å². The average molecular weight is 240 g/mol. The molecule has 2 heteroatoms. The maximum atomic E-state index is 8.95. The number of rotatable bonds is 2. The van der Waals surface area contributed by atoms with Crippen LogP contribution in [0, 0.1) is 11.3 Å². The van der Waals surface area contributed by atoms with E-state index in [4.69, 9.17) is 16.9 Å². The van der Waals surface area contributed by atoms with E-state index in [1.54, 1.807) is 0 Å². The highest BCUT2D eigenvalue weighted by Gasteiger charge is 1.95. The van der Waals surface area contributed by atoms with E-state index in [2.05, 4.69) is 6.07 Å². The first-order valence-electron chi connectivity index (χ1n) is 5.22. The van der Waals surface area contributed by atoms with Crippen LogP contribution in [0.5, 0.6) is 0 Å². The average Bonchev–Trinajstić information content (AvgIpc) is 2.38. The van der Waals surface area contributed by atoms with E-state index in [0.717, 1.165) is 16.1 Å². The fourth-order valence-corrected chi connectivity index (χ4v) is 1.63. The summed E-state index contributed by atoms with van der Waals surface area (Å²) in [5.74, 6) is 0. The molecule has 0 saturated carbocycles. The predicted octanol–water partition coefficient (Wildman–Crippen LogP) is 4.38. The van der Waals surface area contributed by atoms with Gasteiger partial charge in [0.15, 0.2) is 0 Å². The Morgan fingerprint density at radius 3 is 2.35 bits per heavy atom. The first kappa shape index (κ1) is 11.4. The molecule has 0 bridgehead atoms. The first-order valence-corrected chi connectivity index (χ1v) is 5.60. The molecule has 0 spiro atoms. The van der Waals surface area contributed by atoms with Crippen molar-refractivity contribution in [3.05, 3.63) is 70.2 Å². The highest BCUT2D eigenvalue weighted by atomic mass is 35.5. The SMILES string of the molecule is N#Cc1ccccc1/C=C/c1ccc(Cl)cc1. The minimum absolute atomic E-state index is 0.678. The van der Waals surface area contributed by atoms with Crippen molar-refractivity contribution in [1.82, 2.24) is 0 Å². The number of hydrogen-bond acceptors (Lipinski definition) is 1. The Bertz CT molecular complexity index is 577. The van der Waals surface area contributed by atoms with Crippen molar-refractivity contribution in [2.75, 3.05) is 0 Å². The van der Waals surface area contributed by atoms with E-state index in [-0.39, 0.29) is 0 Å². The molecule has 0 fully saturated rings. The molecule has 0 saturated heterocycles. The zero-order chi connectivity index (χ0) is 12.1. The molecule has 82 valence electrons. The molecule has 0 N–H and O–H groups in total. The molecular weight excluding hydrogens is 230 g/mol. The Morgan fingerprint density at radius 1 is 0.941 bits per heavy atom. The third-order valence-corrected chi connectivity index (χ3v) is 2.66. The molecule has 0 aliphatic carbocycles. The zero-order valence-corrected chi connectivity index (χ0v) is 9.85. The summed E-state index contributed by atoms with van der Waals surface area (Å²) < 4.78 is 0. The Morgan fingerprint density at radius 2 is 1.65 bits per heavy atom. The van der Waals surface area contributed by atoms with Gasteiger partial charge in [-0.2, -0.15) is 5.26 Å². The third kappa shape index (κ3) is 2.96. The summed E-state index contributed by atoms with van der Waals surface area (Å²) in [6.45, 7) is 0. The van der Waals surface area contributed by atoms with Crippen LogP contribution < -0.4 is 0 Å². The van der Waals surface area contributed by atoms with E-state index in [9.17, 15) is 0 Å². The highest BCUT2D eigenvalue weighted by Crippen LogP contribution is 2.14. The van der Waals surface area contributed by atoms with Gasteiger partial charge >= 0.3 is 0 Å². The lowest BCUT2D eigenvalue weighted by Gasteiger charge is -1.97. The molecule has 0 aromatic heterocycles. The molecule has 2 aromatic carbocycles. The van der Waals surface area contributed by atoms with Gasteiger partial charge in [0.25, 0.3) is 0 Å². The van der Waals surface area contributed by atoms with Crippen LogP contribution in [0.15, 0.2) is 48.5 Å². The largest absolute Gasteiger partial charge is 0.192 e. The molecule has 0 atom stereocenters.